The molecule has 0 saturated heterocycles. The fourth-order valence-electron chi connectivity index (χ4n) is 2.88. The zero-order valence-electron chi connectivity index (χ0n) is 16.5. The molecule has 0 fully saturated rings. The van der Waals surface area contributed by atoms with Gasteiger partial charge in [0.15, 0.2) is 11.5 Å². The number of nitrogens with one attached hydrogen (secondary N) is 2. The maximum atomic E-state index is 12.8. The highest BCUT2D eigenvalue weighted by molar-refractivity contribution is 6.05. The number of rotatable bonds is 6. The maximum absolute atomic E-state index is 12.8. The highest BCUT2D eigenvalue weighted by atomic mass is 16.5. The van der Waals surface area contributed by atoms with Gasteiger partial charge in [-0.15, -0.1) is 0 Å². The van der Waals surface area contributed by atoms with Crippen LogP contribution in [0.25, 0.3) is 11.4 Å². The number of ether oxygens (including phenoxy) is 3. The Bertz CT molecular complexity index is 1080. The van der Waals surface area contributed by atoms with Crippen molar-refractivity contribution in [3.8, 4) is 28.6 Å². The van der Waals surface area contributed by atoms with Crippen molar-refractivity contribution in [1.82, 2.24) is 9.97 Å². The van der Waals surface area contributed by atoms with Gasteiger partial charge in [0, 0.05) is 28.6 Å². The molecule has 29 heavy (non-hydrogen) atoms. The maximum Gasteiger partial charge on any atom is 0.255 e. The Balaban J connectivity index is 1.91. The molecule has 150 valence electrons. The van der Waals surface area contributed by atoms with Gasteiger partial charge < -0.3 is 24.5 Å². The number of hydrogen-bond acceptors (Lipinski definition) is 6. The largest absolute Gasteiger partial charge is 0.493 e. The average molecular weight is 395 g/mol. The number of aryl methyl sites for hydroxylation is 1. The number of aromatic nitrogens is 2. The first-order valence-electron chi connectivity index (χ1n) is 8.75. The zero-order chi connectivity index (χ0) is 21.0. The summed E-state index contributed by atoms with van der Waals surface area (Å²) in [5.41, 5.74) is 1.93. The third-order valence-electron chi connectivity index (χ3n) is 4.19. The smallest absolute Gasteiger partial charge is 0.255 e. The van der Waals surface area contributed by atoms with Gasteiger partial charge in [0.25, 0.3) is 11.5 Å². The number of methoxy groups -OCH3 is 3. The van der Waals surface area contributed by atoms with Crippen molar-refractivity contribution in [2.75, 3.05) is 26.6 Å². The van der Waals surface area contributed by atoms with E-state index in [9.17, 15) is 9.59 Å². The first-order chi connectivity index (χ1) is 13.9. The molecule has 0 bridgehead atoms. The summed E-state index contributed by atoms with van der Waals surface area (Å²) in [5, 5.41) is 2.83. The number of carbonyl (C=O) groups excluding carboxylic acids is 1. The molecular formula is C21H21N3O5. The summed E-state index contributed by atoms with van der Waals surface area (Å²) in [4.78, 5) is 31.5. The fraction of sp³-hybridized carbons (Fsp3) is 0.190. The van der Waals surface area contributed by atoms with Gasteiger partial charge in [-0.3, -0.25) is 9.59 Å². The minimum Gasteiger partial charge on any atom is -0.493 e. The van der Waals surface area contributed by atoms with Crippen molar-refractivity contribution in [1.29, 1.82) is 0 Å². The highest BCUT2D eigenvalue weighted by Crippen LogP contribution is 2.38. The molecule has 0 aliphatic rings. The quantitative estimate of drug-likeness (QED) is 0.665. The van der Waals surface area contributed by atoms with Gasteiger partial charge in [-0.1, -0.05) is 12.1 Å². The van der Waals surface area contributed by atoms with Crippen molar-refractivity contribution in [2.45, 2.75) is 6.92 Å². The molecule has 8 heteroatoms. The normalized spacial score (nSPS) is 10.3. The number of carbonyl (C=O) groups is 1. The lowest BCUT2D eigenvalue weighted by Gasteiger charge is -2.14. The minimum absolute atomic E-state index is 0.237. The van der Waals surface area contributed by atoms with E-state index in [1.165, 1.54) is 27.4 Å². The van der Waals surface area contributed by atoms with Gasteiger partial charge in [0.05, 0.1) is 21.3 Å². The standard InChI is InChI=1S/C21H21N3O5/c1-12-8-18(25)24-20(22-12)13-6-5-7-15(9-13)23-21(26)14-10-16(27-2)19(29-4)17(11-14)28-3/h5-11H,1-4H3,(H,23,26)(H,22,24,25). The average Bonchev–Trinajstić information content (AvgIpc) is 2.72. The lowest BCUT2D eigenvalue weighted by molar-refractivity contribution is 0.102. The molecular weight excluding hydrogens is 374 g/mol. The lowest BCUT2D eigenvalue weighted by Crippen LogP contribution is -2.13. The molecule has 0 radical (unpaired) electrons. The molecule has 0 aliphatic heterocycles. The van der Waals surface area contributed by atoms with E-state index >= 15 is 0 Å². The molecule has 0 saturated carbocycles. The lowest BCUT2D eigenvalue weighted by atomic mass is 10.1. The SMILES string of the molecule is COc1cc(C(=O)Nc2cccc(-c3nc(C)cc(=O)[nH]3)c2)cc(OC)c1OC. The van der Waals surface area contributed by atoms with Gasteiger partial charge in [-0.25, -0.2) is 4.98 Å². The van der Waals surface area contributed by atoms with Crippen molar-refractivity contribution in [3.05, 3.63) is 64.1 Å². The molecule has 1 amide bonds. The molecule has 3 rings (SSSR count). The highest BCUT2D eigenvalue weighted by Gasteiger charge is 2.17. The van der Waals surface area contributed by atoms with E-state index in [0.717, 1.165) is 0 Å². The van der Waals surface area contributed by atoms with E-state index in [-0.39, 0.29) is 11.5 Å². The van der Waals surface area contributed by atoms with Crippen molar-refractivity contribution in [3.63, 3.8) is 0 Å². The third kappa shape index (κ3) is 4.37. The molecule has 0 atom stereocenters. The molecule has 3 aromatic rings. The topological polar surface area (TPSA) is 103 Å². The second-order valence-corrected chi connectivity index (χ2v) is 6.18. The van der Waals surface area contributed by atoms with Gasteiger partial charge in [0.1, 0.15) is 5.82 Å². The van der Waals surface area contributed by atoms with Gasteiger partial charge >= 0.3 is 0 Å². The van der Waals surface area contributed by atoms with Crippen molar-refractivity contribution in [2.24, 2.45) is 0 Å². The van der Waals surface area contributed by atoms with Gasteiger partial charge in [-0.2, -0.15) is 0 Å². The minimum atomic E-state index is -0.355. The van der Waals surface area contributed by atoms with E-state index in [1.54, 1.807) is 43.3 Å². The summed E-state index contributed by atoms with van der Waals surface area (Å²) in [6.45, 7) is 1.74. The summed E-state index contributed by atoms with van der Waals surface area (Å²) in [7, 11) is 4.46. The number of hydrogen-bond donors (Lipinski definition) is 2. The number of benzene rings is 2. The Labute approximate surface area is 167 Å². The number of H-pyrrole nitrogens is 1. The number of nitrogens with zero attached hydrogens (tertiary/aromatic N) is 1. The predicted molar refractivity (Wildman–Crippen MR) is 109 cm³/mol. The van der Waals surface area contributed by atoms with Crippen LogP contribution in [0.5, 0.6) is 17.2 Å². The van der Waals surface area contributed by atoms with E-state index in [4.69, 9.17) is 14.2 Å². The first kappa shape index (κ1) is 19.9. The summed E-state index contributed by atoms with van der Waals surface area (Å²) >= 11 is 0. The second-order valence-electron chi connectivity index (χ2n) is 6.18. The molecule has 0 aliphatic carbocycles. The Morgan fingerprint density at radius 1 is 1.00 bits per heavy atom. The first-order valence-corrected chi connectivity index (χ1v) is 8.75. The van der Waals surface area contributed by atoms with Crippen molar-refractivity contribution >= 4 is 11.6 Å². The molecule has 1 aromatic heterocycles. The van der Waals surface area contributed by atoms with Crippen LogP contribution in [0, 0.1) is 6.92 Å². The van der Waals surface area contributed by atoms with E-state index in [0.29, 0.717) is 45.6 Å². The van der Waals surface area contributed by atoms with Crippen LogP contribution < -0.4 is 25.1 Å². The molecule has 1 heterocycles. The van der Waals surface area contributed by atoms with Crippen LogP contribution in [-0.2, 0) is 0 Å². The number of aromatic amines is 1. The van der Waals surface area contributed by atoms with Crippen LogP contribution in [0.4, 0.5) is 5.69 Å². The summed E-state index contributed by atoms with van der Waals surface area (Å²) < 4.78 is 15.9. The molecule has 2 N–H and O–H groups in total. The van der Waals surface area contributed by atoms with Crippen LogP contribution in [0.15, 0.2) is 47.3 Å². The van der Waals surface area contributed by atoms with Crippen LogP contribution in [0.1, 0.15) is 16.1 Å². The van der Waals surface area contributed by atoms with Gasteiger partial charge in [0.2, 0.25) is 5.75 Å². The van der Waals surface area contributed by atoms with Crippen LogP contribution in [0.3, 0.4) is 0 Å². The Kier molecular flexibility index (Phi) is 5.82. The van der Waals surface area contributed by atoms with Crippen LogP contribution in [0.2, 0.25) is 0 Å². The molecule has 0 unspecified atom stereocenters. The third-order valence-corrected chi connectivity index (χ3v) is 4.19. The Hall–Kier alpha value is -3.81. The predicted octanol–water partition coefficient (Wildman–Crippen LogP) is 3.02. The molecule has 2 aromatic carbocycles. The summed E-state index contributed by atoms with van der Waals surface area (Å²) in [6.07, 6.45) is 0. The van der Waals surface area contributed by atoms with E-state index < -0.39 is 0 Å². The monoisotopic (exact) mass is 395 g/mol. The van der Waals surface area contributed by atoms with E-state index in [1.807, 2.05) is 0 Å². The summed E-state index contributed by atoms with van der Waals surface area (Å²) in [5.74, 6) is 1.24. The number of amides is 1. The Morgan fingerprint density at radius 2 is 1.69 bits per heavy atom. The summed E-state index contributed by atoms with van der Waals surface area (Å²) in [6, 6.07) is 11.6. The van der Waals surface area contributed by atoms with E-state index in [2.05, 4.69) is 15.3 Å². The molecule has 8 nitrogen and oxygen atoms in total. The van der Waals surface area contributed by atoms with Crippen molar-refractivity contribution < 1.29 is 19.0 Å². The zero-order valence-corrected chi connectivity index (χ0v) is 16.5. The molecule has 0 spiro atoms. The second kappa shape index (κ2) is 8.47. The van der Waals surface area contributed by atoms with Crippen LogP contribution in [-0.4, -0.2) is 37.2 Å². The number of anilines is 1. The van der Waals surface area contributed by atoms with Crippen LogP contribution >= 0.6 is 0 Å². The van der Waals surface area contributed by atoms with Gasteiger partial charge in [-0.05, 0) is 31.2 Å². The fourth-order valence-corrected chi connectivity index (χ4v) is 2.88. The Morgan fingerprint density at radius 3 is 2.28 bits per heavy atom.